The quantitative estimate of drug-likeness (QED) is 0.497. The average Bonchev–Trinajstić information content (AvgIpc) is 2.39. The highest BCUT2D eigenvalue weighted by Gasteiger charge is 2.07. The maximum absolute atomic E-state index is 11.2. The van der Waals surface area contributed by atoms with Gasteiger partial charge in [0, 0.05) is 29.6 Å². The van der Waals surface area contributed by atoms with Crippen LogP contribution in [0.2, 0.25) is 0 Å². The van der Waals surface area contributed by atoms with E-state index in [-0.39, 0.29) is 0 Å². The summed E-state index contributed by atoms with van der Waals surface area (Å²) < 4.78 is 5.19. The molecule has 17 heavy (non-hydrogen) atoms. The molecule has 0 aliphatic rings. The first kappa shape index (κ1) is 11.2. The van der Waals surface area contributed by atoms with Crippen LogP contribution < -0.4 is 10.1 Å². The third kappa shape index (κ3) is 2.13. The van der Waals surface area contributed by atoms with Crippen molar-refractivity contribution in [2.45, 2.75) is 0 Å². The van der Waals surface area contributed by atoms with Crippen molar-refractivity contribution in [1.29, 1.82) is 0 Å². The van der Waals surface area contributed by atoms with Crippen LogP contribution in [0.3, 0.4) is 0 Å². The lowest BCUT2D eigenvalue weighted by atomic mass is 10.1. The highest BCUT2D eigenvalue weighted by atomic mass is 16.5. The predicted octanol–water partition coefficient (Wildman–Crippen LogP) is 2.97. The maximum atomic E-state index is 11.2. The normalized spacial score (nSPS) is 9.94. The van der Waals surface area contributed by atoms with E-state index in [2.05, 4.69) is 11.9 Å². The lowest BCUT2D eigenvalue weighted by Gasteiger charge is -2.10. The summed E-state index contributed by atoms with van der Waals surface area (Å²) in [5, 5.41) is 5.02. The van der Waals surface area contributed by atoms with Gasteiger partial charge < -0.3 is 10.1 Å². The summed E-state index contributed by atoms with van der Waals surface area (Å²) in [6.07, 6.45) is 1.15. The van der Waals surface area contributed by atoms with Crippen LogP contribution in [0.25, 0.3) is 10.8 Å². The molecular formula is C14H13NO2. The van der Waals surface area contributed by atoms with Crippen molar-refractivity contribution < 1.29 is 9.53 Å². The standard InChI is InChI=1S/C14H13NO2/c1-3-14(16)17-13-9-8-12(15-2)10-6-4-5-7-11(10)13/h3-9,15H,1H2,2H3. The number of carbonyl (C=O) groups is 1. The Kier molecular flexibility index (Phi) is 3.10. The topological polar surface area (TPSA) is 38.3 Å². The zero-order valence-electron chi connectivity index (χ0n) is 9.57. The molecule has 0 aromatic heterocycles. The van der Waals surface area contributed by atoms with Crippen molar-refractivity contribution >= 4 is 22.4 Å². The summed E-state index contributed by atoms with van der Waals surface area (Å²) in [6, 6.07) is 11.4. The Morgan fingerprint density at radius 1 is 1.24 bits per heavy atom. The van der Waals surface area contributed by atoms with Crippen LogP contribution >= 0.6 is 0 Å². The Balaban J connectivity index is 2.58. The Hall–Kier alpha value is -2.29. The molecular weight excluding hydrogens is 214 g/mol. The Bertz CT molecular complexity index is 575. The van der Waals surface area contributed by atoms with Crippen molar-refractivity contribution in [2.24, 2.45) is 0 Å². The lowest BCUT2D eigenvalue weighted by molar-refractivity contribution is -0.128. The van der Waals surface area contributed by atoms with Crippen LogP contribution in [0.15, 0.2) is 49.1 Å². The zero-order valence-corrected chi connectivity index (χ0v) is 9.57. The van der Waals surface area contributed by atoms with Crippen LogP contribution in [0.5, 0.6) is 5.75 Å². The van der Waals surface area contributed by atoms with Crippen LogP contribution in [0, 0.1) is 0 Å². The van der Waals surface area contributed by atoms with Gasteiger partial charge in [0.2, 0.25) is 0 Å². The van der Waals surface area contributed by atoms with Crippen molar-refractivity contribution in [3.05, 3.63) is 49.1 Å². The first-order chi connectivity index (χ1) is 8.26. The molecule has 0 radical (unpaired) electrons. The fraction of sp³-hybridized carbons (Fsp3) is 0.0714. The molecule has 0 amide bonds. The average molecular weight is 227 g/mol. The molecule has 0 heterocycles. The summed E-state index contributed by atoms with van der Waals surface area (Å²) in [5.74, 6) is 0.0943. The molecule has 2 aromatic carbocycles. The number of esters is 1. The van der Waals surface area contributed by atoms with Crippen LogP contribution in [0.4, 0.5) is 5.69 Å². The molecule has 3 heteroatoms. The molecule has 0 aliphatic carbocycles. The van der Waals surface area contributed by atoms with Gasteiger partial charge in [-0.05, 0) is 12.1 Å². The van der Waals surface area contributed by atoms with Gasteiger partial charge in [-0.1, -0.05) is 30.8 Å². The minimum Gasteiger partial charge on any atom is -0.423 e. The van der Waals surface area contributed by atoms with Gasteiger partial charge in [-0.2, -0.15) is 0 Å². The zero-order chi connectivity index (χ0) is 12.3. The first-order valence-corrected chi connectivity index (χ1v) is 5.30. The van der Waals surface area contributed by atoms with Gasteiger partial charge in [0.1, 0.15) is 5.75 Å². The van der Waals surface area contributed by atoms with Crippen molar-refractivity contribution in [1.82, 2.24) is 0 Å². The molecule has 0 saturated heterocycles. The van der Waals surface area contributed by atoms with E-state index in [4.69, 9.17) is 4.74 Å². The maximum Gasteiger partial charge on any atom is 0.335 e. The number of anilines is 1. The van der Waals surface area contributed by atoms with Gasteiger partial charge in [-0.25, -0.2) is 4.79 Å². The van der Waals surface area contributed by atoms with Gasteiger partial charge in [0.15, 0.2) is 0 Å². The van der Waals surface area contributed by atoms with Crippen LogP contribution in [0.1, 0.15) is 0 Å². The molecule has 0 atom stereocenters. The molecule has 2 aromatic rings. The number of hydrogen-bond acceptors (Lipinski definition) is 3. The molecule has 0 saturated carbocycles. The van der Waals surface area contributed by atoms with Crippen molar-refractivity contribution in [2.75, 3.05) is 12.4 Å². The monoisotopic (exact) mass is 227 g/mol. The van der Waals surface area contributed by atoms with E-state index in [1.165, 1.54) is 0 Å². The summed E-state index contributed by atoms with van der Waals surface area (Å²) in [6.45, 7) is 3.38. The fourth-order valence-electron chi connectivity index (χ4n) is 1.73. The number of carbonyl (C=O) groups excluding carboxylic acids is 1. The Morgan fingerprint density at radius 2 is 1.94 bits per heavy atom. The smallest absolute Gasteiger partial charge is 0.335 e. The van der Waals surface area contributed by atoms with E-state index in [9.17, 15) is 4.79 Å². The lowest BCUT2D eigenvalue weighted by Crippen LogP contribution is -2.03. The Labute approximate surface area is 99.7 Å². The van der Waals surface area contributed by atoms with E-state index >= 15 is 0 Å². The highest BCUT2D eigenvalue weighted by Crippen LogP contribution is 2.31. The number of rotatable bonds is 3. The second-order valence-electron chi connectivity index (χ2n) is 3.53. The number of hydrogen-bond donors (Lipinski definition) is 1. The minimum absolute atomic E-state index is 0.452. The van der Waals surface area contributed by atoms with E-state index < -0.39 is 5.97 Å². The molecule has 3 nitrogen and oxygen atoms in total. The number of nitrogens with one attached hydrogen (secondary N) is 1. The second-order valence-corrected chi connectivity index (χ2v) is 3.53. The second kappa shape index (κ2) is 4.70. The molecule has 1 N–H and O–H groups in total. The number of fused-ring (bicyclic) bond motifs is 1. The Morgan fingerprint density at radius 3 is 2.59 bits per heavy atom. The van der Waals surface area contributed by atoms with Gasteiger partial charge in [-0.3, -0.25) is 0 Å². The molecule has 0 bridgehead atoms. The van der Waals surface area contributed by atoms with Gasteiger partial charge in [-0.15, -0.1) is 0 Å². The van der Waals surface area contributed by atoms with Crippen molar-refractivity contribution in [3.8, 4) is 5.75 Å². The summed E-state index contributed by atoms with van der Waals surface area (Å²) in [7, 11) is 1.86. The predicted molar refractivity (Wildman–Crippen MR) is 69.3 cm³/mol. The van der Waals surface area contributed by atoms with Gasteiger partial charge in [0.25, 0.3) is 0 Å². The first-order valence-electron chi connectivity index (χ1n) is 5.30. The third-order valence-corrected chi connectivity index (χ3v) is 2.53. The molecule has 86 valence electrons. The fourth-order valence-corrected chi connectivity index (χ4v) is 1.73. The van der Waals surface area contributed by atoms with Crippen LogP contribution in [-0.2, 0) is 4.79 Å². The van der Waals surface area contributed by atoms with Gasteiger partial charge in [0.05, 0.1) is 0 Å². The number of benzene rings is 2. The van der Waals surface area contributed by atoms with E-state index in [1.54, 1.807) is 6.07 Å². The molecule has 2 rings (SSSR count). The van der Waals surface area contributed by atoms with E-state index in [1.807, 2.05) is 37.4 Å². The summed E-state index contributed by atoms with van der Waals surface area (Å²) in [5.41, 5.74) is 0.999. The highest BCUT2D eigenvalue weighted by molar-refractivity contribution is 5.99. The largest absolute Gasteiger partial charge is 0.423 e. The molecule has 0 aliphatic heterocycles. The third-order valence-electron chi connectivity index (χ3n) is 2.53. The van der Waals surface area contributed by atoms with Gasteiger partial charge >= 0.3 is 5.97 Å². The molecule has 0 spiro atoms. The van der Waals surface area contributed by atoms with E-state index in [0.717, 1.165) is 22.5 Å². The molecule has 0 unspecified atom stereocenters. The van der Waals surface area contributed by atoms with Crippen LogP contribution in [-0.4, -0.2) is 13.0 Å². The minimum atomic E-state index is -0.452. The summed E-state index contributed by atoms with van der Waals surface area (Å²) >= 11 is 0. The SMILES string of the molecule is C=CC(=O)Oc1ccc(NC)c2ccccc12. The molecule has 0 fully saturated rings. The summed E-state index contributed by atoms with van der Waals surface area (Å²) in [4.78, 5) is 11.2. The number of ether oxygens (including phenoxy) is 1. The van der Waals surface area contributed by atoms with E-state index in [0.29, 0.717) is 5.75 Å². The van der Waals surface area contributed by atoms with Crippen molar-refractivity contribution in [3.63, 3.8) is 0 Å².